The van der Waals surface area contributed by atoms with E-state index in [4.69, 9.17) is 19.9 Å². The molecule has 0 saturated carbocycles. The number of para-hydroxylation sites is 1. The van der Waals surface area contributed by atoms with Gasteiger partial charge in [0.1, 0.15) is 17.2 Å². The molecule has 1 aliphatic rings. The fourth-order valence-corrected chi connectivity index (χ4v) is 2.34. The van der Waals surface area contributed by atoms with Crippen molar-refractivity contribution in [2.75, 3.05) is 13.7 Å². The molecule has 0 aromatic heterocycles. The fraction of sp³-hybridized carbons (Fsp3) is 0.111. The Morgan fingerprint density at radius 2 is 2.04 bits per heavy atom. The zero-order valence-corrected chi connectivity index (χ0v) is 12.9. The van der Waals surface area contributed by atoms with E-state index >= 15 is 0 Å². The lowest BCUT2D eigenvalue weighted by Gasteiger charge is -2.05. The third-order valence-electron chi connectivity index (χ3n) is 3.45. The first-order valence-electron chi connectivity index (χ1n) is 7.21. The Kier molecular flexibility index (Phi) is 4.20. The average molecular weight is 325 g/mol. The summed E-state index contributed by atoms with van der Waals surface area (Å²) in [5.41, 5.74) is 6.21. The van der Waals surface area contributed by atoms with Gasteiger partial charge in [0.2, 0.25) is 5.78 Å². The molecule has 6 nitrogen and oxygen atoms in total. The van der Waals surface area contributed by atoms with E-state index in [0.717, 1.165) is 5.56 Å². The molecule has 0 spiro atoms. The topological polar surface area (TPSA) is 87.8 Å². The predicted octanol–water partition coefficient (Wildman–Crippen LogP) is 2.18. The number of hydrogen-bond acceptors (Lipinski definition) is 5. The maximum absolute atomic E-state index is 12.4. The summed E-state index contributed by atoms with van der Waals surface area (Å²) < 4.78 is 16.1. The Bertz CT molecular complexity index is 841. The summed E-state index contributed by atoms with van der Waals surface area (Å²) in [5.74, 6) is 0.813. The van der Waals surface area contributed by atoms with E-state index in [0.29, 0.717) is 22.8 Å². The molecule has 0 radical (unpaired) electrons. The number of benzene rings is 2. The first-order valence-corrected chi connectivity index (χ1v) is 7.21. The number of ether oxygens (including phenoxy) is 3. The Labute approximate surface area is 138 Å². The van der Waals surface area contributed by atoms with Crippen molar-refractivity contribution in [2.45, 2.75) is 0 Å². The molecule has 0 fully saturated rings. The Balaban J connectivity index is 1.87. The largest absolute Gasteiger partial charge is 0.496 e. The third-order valence-corrected chi connectivity index (χ3v) is 3.45. The lowest BCUT2D eigenvalue weighted by molar-refractivity contribution is -0.119. The van der Waals surface area contributed by atoms with Crippen LogP contribution in [-0.2, 0) is 4.79 Å². The standard InChI is InChI=1S/C18H15NO5/c1-22-14-5-3-2-4-11(14)8-16-18(21)13-7-6-12(9-15(13)24-16)23-10-17(19)20/h2-9H,10H2,1H3,(H2,19,20)/b16-8+. The highest BCUT2D eigenvalue weighted by molar-refractivity contribution is 6.14. The van der Waals surface area contributed by atoms with Crippen molar-refractivity contribution in [3.8, 4) is 17.2 Å². The highest BCUT2D eigenvalue weighted by Gasteiger charge is 2.28. The summed E-state index contributed by atoms with van der Waals surface area (Å²) in [6, 6.07) is 12.1. The molecule has 24 heavy (non-hydrogen) atoms. The van der Waals surface area contributed by atoms with Gasteiger partial charge in [-0.05, 0) is 24.3 Å². The molecule has 122 valence electrons. The quantitative estimate of drug-likeness (QED) is 0.851. The number of nitrogens with two attached hydrogens (primary N) is 1. The first kappa shape index (κ1) is 15.6. The van der Waals surface area contributed by atoms with Crippen LogP contribution in [0.4, 0.5) is 0 Å². The van der Waals surface area contributed by atoms with Gasteiger partial charge in [0.15, 0.2) is 12.4 Å². The van der Waals surface area contributed by atoms with Gasteiger partial charge in [0.05, 0.1) is 12.7 Å². The number of carbonyl (C=O) groups excluding carboxylic acids is 2. The van der Waals surface area contributed by atoms with Gasteiger partial charge in [-0.3, -0.25) is 9.59 Å². The zero-order chi connectivity index (χ0) is 17.1. The fourth-order valence-electron chi connectivity index (χ4n) is 2.34. The summed E-state index contributed by atoms with van der Waals surface area (Å²) in [5, 5.41) is 0. The zero-order valence-electron chi connectivity index (χ0n) is 12.9. The van der Waals surface area contributed by atoms with E-state index in [-0.39, 0.29) is 18.1 Å². The van der Waals surface area contributed by atoms with Crippen molar-refractivity contribution < 1.29 is 23.8 Å². The summed E-state index contributed by atoms with van der Waals surface area (Å²) in [6.07, 6.45) is 1.63. The van der Waals surface area contributed by atoms with Crippen LogP contribution in [0.25, 0.3) is 6.08 Å². The molecule has 0 atom stereocenters. The van der Waals surface area contributed by atoms with Gasteiger partial charge < -0.3 is 19.9 Å². The first-order chi connectivity index (χ1) is 11.6. The molecule has 3 rings (SSSR count). The van der Waals surface area contributed by atoms with Crippen molar-refractivity contribution in [3.63, 3.8) is 0 Å². The van der Waals surface area contributed by atoms with Crippen LogP contribution in [0, 0.1) is 0 Å². The van der Waals surface area contributed by atoms with Crippen LogP contribution in [-0.4, -0.2) is 25.4 Å². The SMILES string of the molecule is COc1ccccc1/C=C1/Oc2cc(OCC(N)=O)ccc2C1=O. The number of allylic oxidation sites excluding steroid dienone is 1. The molecular formula is C18H15NO5. The number of ketones is 1. The normalized spacial score (nSPS) is 14.2. The number of rotatable bonds is 5. The van der Waals surface area contributed by atoms with Gasteiger partial charge in [-0.1, -0.05) is 18.2 Å². The number of amides is 1. The molecule has 1 amide bonds. The van der Waals surface area contributed by atoms with Crippen LogP contribution in [0.3, 0.4) is 0 Å². The third kappa shape index (κ3) is 3.08. The molecule has 0 unspecified atom stereocenters. The van der Waals surface area contributed by atoms with Crippen LogP contribution in [0.1, 0.15) is 15.9 Å². The highest BCUT2D eigenvalue weighted by Crippen LogP contribution is 2.35. The van der Waals surface area contributed by atoms with Gasteiger partial charge in [-0.2, -0.15) is 0 Å². The highest BCUT2D eigenvalue weighted by atomic mass is 16.5. The molecule has 1 heterocycles. The summed E-state index contributed by atoms with van der Waals surface area (Å²) in [7, 11) is 1.56. The monoisotopic (exact) mass is 325 g/mol. The second-order valence-electron chi connectivity index (χ2n) is 5.09. The molecule has 0 saturated heterocycles. The van der Waals surface area contributed by atoms with Crippen LogP contribution in [0.5, 0.6) is 17.2 Å². The average Bonchev–Trinajstić information content (AvgIpc) is 2.89. The van der Waals surface area contributed by atoms with Crippen LogP contribution in [0.2, 0.25) is 0 Å². The molecule has 0 aliphatic carbocycles. The van der Waals surface area contributed by atoms with Crippen molar-refractivity contribution in [1.29, 1.82) is 0 Å². The van der Waals surface area contributed by atoms with Crippen molar-refractivity contribution >= 4 is 17.8 Å². The Morgan fingerprint density at radius 1 is 1.25 bits per heavy atom. The Hall–Kier alpha value is -3.28. The van der Waals surface area contributed by atoms with Crippen molar-refractivity contribution in [2.24, 2.45) is 5.73 Å². The van der Waals surface area contributed by atoms with Gasteiger partial charge in [0, 0.05) is 11.6 Å². The molecule has 1 aliphatic heterocycles. The van der Waals surface area contributed by atoms with E-state index in [1.807, 2.05) is 18.2 Å². The number of hydrogen-bond donors (Lipinski definition) is 1. The van der Waals surface area contributed by atoms with Crippen LogP contribution in [0.15, 0.2) is 48.2 Å². The summed E-state index contributed by atoms with van der Waals surface area (Å²) >= 11 is 0. The number of fused-ring (bicyclic) bond motifs is 1. The van der Waals surface area contributed by atoms with E-state index in [2.05, 4.69) is 0 Å². The predicted molar refractivity (Wildman–Crippen MR) is 87.1 cm³/mol. The van der Waals surface area contributed by atoms with Gasteiger partial charge in [-0.15, -0.1) is 0 Å². The number of carbonyl (C=O) groups is 2. The van der Waals surface area contributed by atoms with E-state index in [1.54, 1.807) is 37.5 Å². The smallest absolute Gasteiger partial charge is 0.255 e. The molecule has 0 bridgehead atoms. The summed E-state index contributed by atoms with van der Waals surface area (Å²) in [6.45, 7) is -0.239. The van der Waals surface area contributed by atoms with Crippen LogP contribution >= 0.6 is 0 Å². The second kappa shape index (κ2) is 6.45. The maximum atomic E-state index is 12.4. The molecule has 2 N–H and O–H groups in total. The number of primary amides is 1. The van der Waals surface area contributed by atoms with Gasteiger partial charge >= 0.3 is 0 Å². The van der Waals surface area contributed by atoms with E-state index < -0.39 is 5.91 Å². The van der Waals surface area contributed by atoms with Crippen molar-refractivity contribution in [3.05, 3.63) is 59.4 Å². The van der Waals surface area contributed by atoms with Crippen molar-refractivity contribution in [1.82, 2.24) is 0 Å². The lowest BCUT2D eigenvalue weighted by Crippen LogP contribution is -2.19. The lowest BCUT2D eigenvalue weighted by atomic mass is 10.1. The van der Waals surface area contributed by atoms with Gasteiger partial charge in [0.25, 0.3) is 5.91 Å². The maximum Gasteiger partial charge on any atom is 0.255 e. The minimum Gasteiger partial charge on any atom is -0.496 e. The molecule has 2 aromatic carbocycles. The minimum atomic E-state index is -0.579. The summed E-state index contributed by atoms with van der Waals surface area (Å²) in [4.78, 5) is 23.2. The molecule has 2 aromatic rings. The van der Waals surface area contributed by atoms with Gasteiger partial charge in [-0.25, -0.2) is 0 Å². The van der Waals surface area contributed by atoms with E-state index in [9.17, 15) is 9.59 Å². The number of methoxy groups -OCH3 is 1. The second-order valence-corrected chi connectivity index (χ2v) is 5.09. The molecule has 6 heteroatoms. The molecular weight excluding hydrogens is 310 g/mol. The van der Waals surface area contributed by atoms with Crippen LogP contribution < -0.4 is 19.9 Å². The number of Topliss-reactive ketones (excluding diaryl/α,β-unsaturated/α-hetero) is 1. The minimum absolute atomic E-state index is 0.196. The Morgan fingerprint density at radius 3 is 2.79 bits per heavy atom. The van der Waals surface area contributed by atoms with E-state index in [1.165, 1.54) is 0 Å².